The van der Waals surface area contributed by atoms with Crippen LogP contribution >= 0.6 is 11.6 Å². The van der Waals surface area contributed by atoms with Gasteiger partial charge in [-0.1, -0.05) is 11.6 Å². The summed E-state index contributed by atoms with van der Waals surface area (Å²) in [6.07, 6.45) is 4.56. The molecule has 74 valence electrons. The molecule has 0 unspecified atom stereocenters. The molecule has 14 heavy (non-hydrogen) atoms. The molecule has 0 atom stereocenters. The number of nitrogens with zero attached hydrogens (tertiary/aromatic N) is 1. The Balaban J connectivity index is 1.89. The maximum atomic E-state index is 11.4. The standard InChI is InChI=1S/C10H11ClN2O/c11-9-4-3-8(6-12-9)13-10(14)5-7-1-2-7/h3-4,6-7H,1-2,5H2,(H,13,14). The van der Waals surface area contributed by atoms with E-state index in [-0.39, 0.29) is 5.91 Å². The van der Waals surface area contributed by atoms with Crippen molar-refractivity contribution in [2.75, 3.05) is 5.32 Å². The first-order valence-corrected chi connectivity index (χ1v) is 5.03. The van der Waals surface area contributed by atoms with E-state index in [0.717, 1.165) is 0 Å². The minimum absolute atomic E-state index is 0.0663. The zero-order chi connectivity index (χ0) is 9.97. The Kier molecular flexibility index (Phi) is 2.68. The van der Waals surface area contributed by atoms with Crippen LogP contribution in [0.4, 0.5) is 5.69 Å². The molecule has 1 amide bonds. The molecular formula is C10H11ClN2O. The summed E-state index contributed by atoms with van der Waals surface area (Å²) in [6.45, 7) is 0. The Labute approximate surface area is 87.5 Å². The Morgan fingerprint density at radius 1 is 1.57 bits per heavy atom. The third kappa shape index (κ3) is 2.70. The van der Waals surface area contributed by atoms with Crippen molar-refractivity contribution in [2.45, 2.75) is 19.3 Å². The lowest BCUT2D eigenvalue weighted by Crippen LogP contribution is -2.11. The van der Waals surface area contributed by atoms with Gasteiger partial charge in [0.05, 0.1) is 11.9 Å². The predicted octanol–water partition coefficient (Wildman–Crippen LogP) is 2.47. The van der Waals surface area contributed by atoms with Crippen molar-refractivity contribution < 1.29 is 4.79 Å². The molecule has 0 spiro atoms. The molecule has 2 rings (SSSR count). The summed E-state index contributed by atoms with van der Waals surface area (Å²) in [5, 5.41) is 3.22. The minimum atomic E-state index is 0.0663. The SMILES string of the molecule is O=C(CC1CC1)Nc1ccc(Cl)nc1. The molecule has 1 aliphatic rings. The van der Waals surface area contributed by atoms with Crippen LogP contribution in [0.2, 0.25) is 5.15 Å². The van der Waals surface area contributed by atoms with Gasteiger partial charge in [-0.3, -0.25) is 4.79 Å². The summed E-state index contributed by atoms with van der Waals surface area (Å²) in [6, 6.07) is 3.41. The predicted molar refractivity (Wildman–Crippen MR) is 55.2 cm³/mol. The second kappa shape index (κ2) is 3.96. The second-order valence-electron chi connectivity index (χ2n) is 3.57. The molecule has 0 bridgehead atoms. The van der Waals surface area contributed by atoms with Crippen LogP contribution in [0.25, 0.3) is 0 Å². The summed E-state index contributed by atoms with van der Waals surface area (Å²) >= 11 is 5.62. The van der Waals surface area contributed by atoms with Gasteiger partial charge in [0.15, 0.2) is 0 Å². The number of carbonyl (C=O) groups is 1. The lowest BCUT2D eigenvalue weighted by Gasteiger charge is -2.03. The maximum absolute atomic E-state index is 11.4. The van der Waals surface area contributed by atoms with Crippen molar-refractivity contribution in [1.29, 1.82) is 0 Å². The molecule has 0 radical (unpaired) electrons. The van der Waals surface area contributed by atoms with Gasteiger partial charge in [-0.2, -0.15) is 0 Å². The highest BCUT2D eigenvalue weighted by Crippen LogP contribution is 2.32. The van der Waals surface area contributed by atoms with E-state index < -0.39 is 0 Å². The highest BCUT2D eigenvalue weighted by Gasteiger charge is 2.24. The van der Waals surface area contributed by atoms with Crippen LogP contribution < -0.4 is 5.32 Å². The topological polar surface area (TPSA) is 42.0 Å². The van der Waals surface area contributed by atoms with Gasteiger partial charge < -0.3 is 5.32 Å². The van der Waals surface area contributed by atoms with Crippen molar-refractivity contribution in [3.05, 3.63) is 23.5 Å². The van der Waals surface area contributed by atoms with Gasteiger partial charge in [-0.05, 0) is 30.9 Å². The number of rotatable bonds is 3. The van der Waals surface area contributed by atoms with Gasteiger partial charge in [0, 0.05) is 6.42 Å². The number of carbonyl (C=O) groups excluding carboxylic acids is 1. The average molecular weight is 211 g/mol. The van der Waals surface area contributed by atoms with E-state index in [0.29, 0.717) is 23.2 Å². The van der Waals surface area contributed by atoms with Crippen LogP contribution in [0.15, 0.2) is 18.3 Å². The lowest BCUT2D eigenvalue weighted by molar-refractivity contribution is -0.116. The molecule has 1 fully saturated rings. The number of aromatic nitrogens is 1. The number of halogens is 1. The molecule has 4 heteroatoms. The molecule has 1 aromatic heterocycles. The fourth-order valence-electron chi connectivity index (χ4n) is 1.25. The Bertz CT molecular complexity index is 332. The summed E-state index contributed by atoms with van der Waals surface area (Å²) < 4.78 is 0. The molecule has 3 nitrogen and oxygen atoms in total. The zero-order valence-electron chi connectivity index (χ0n) is 7.66. The van der Waals surface area contributed by atoms with Crippen LogP contribution in [0.1, 0.15) is 19.3 Å². The molecule has 1 aliphatic carbocycles. The van der Waals surface area contributed by atoms with Crippen LogP contribution in [0.5, 0.6) is 0 Å². The smallest absolute Gasteiger partial charge is 0.224 e. The second-order valence-corrected chi connectivity index (χ2v) is 3.95. The van der Waals surface area contributed by atoms with Crippen LogP contribution in [0, 0.1) is 5.92 Å². The molecule has 0 aliphatic heterocycles. The number of hydrogen-bond acceptors (Lipinski definition) is 2. The van der Waals surface area contributed by atoms with E-state index >= 15 is 0 Å². The van der Waals surface area contributed by atoms with Crippen molar-refractivity contribution in [3.63, 3.8) is 0 Å². The fourth-order valence-corrected chi connectivity index (χ4v) is 1.36. The molecule has 0 aromatic carbocycles. The lowest BCUT2D eigenvalue weighted by atomic mass is 10.3. The Morgan fingerprint density at radius 2 is 2.36 bits per heavy atom. The number of pyridine rings is 1. The monoisotopic (exact) mass is 210 g/mol. The maximum Gasteiger partial charge on any atom is 0.224 e. The van der Waals surface area contributed by atoms with E-state index in [9.17, 15) is 4.79 Å². The highest BCUT2D eigenvalue weighted by molar-refractivity contribution is 6.29. The van der Waals surface area contributed by atoms with Gasteiger partial charge in [0.2, 0.25) is 5.91 Å². The first-order valence-electron chi connectivity index (χ1n) is 4.65. The van der Waals surface area contributed by atoms with Gasteiger partial charge in [0.25, 0.3) is 0 Å². The van der Waals surface area contributed by atoms with Gasteiger partial charge in [-0.15, -0.1) is 0 Å². The third-order valence-electron chi connectivity index (χ3n) is 2.18. The summed E-state index contributed by atoms with van der Waals surface area (Å²) in [4.78, 5) is 15.3. The minimum Gasteiger partial charge on any atom is -0.325 e. The highest BCUT2D eigenvalue weighted by atomic mass is 35.5. The first-order chi connectivity index (χ1) is 6.74. The average Bonchev–Trinajstić information content (AvgIpc) is 2.93. The molecular weight excluding hydrogens is 200 g/mol. The fraction of sp³-hybridized carbons (Fsp3) is 0.400. The normalized spacial score (nSPS) is 15.2. The molecule has 1 heterocycles. The summed E-state index contributed by atoms with van der Waals surface area (Å²) in [5.74, 6) is 0.673. The van der Waals surface area contributed by atoms with Crippen molar-refractivity contribution >= 4 is 23.2 Å². The molecule has 1 N–H and O–H groups in total. The van der Waals surface area contributed by atoms with Crippen molar-refractivity contribution in [3.8, 4) is 0 Å². The van der Waals surface area contributed by atoms with Gasteiger partial charge >= 0.3 is 0 Å². The quantitative estimate of drug-likeness (QED) is 0.779. The number of nitrogens with one attached hydrogen (secondary N) is 1. The van der Waals surface area contributed by atoms with E-state index in [1.165, 1.54) is 12.8 Å². The number of amides is 1. The Hall–Kier alpha value is -1.09. The molecule has 1 saturated carbocycles. The number of anilines is 1. The van der Waals surface area contributed by atoms with Crippen LogP contribution in [-0.4, -0.2) is 10.9 Å². The van der Waals surface area contributed by atoms with Gasteiger partial charge in [-0.25, -0.2) is 4.98 Å². The van der Waals surface area contributed by atoms with E-state index in [1.54, 1.807) is 18.3 Å². The Morgan fingerprint density at radius 3 is 2.93 bits per heavy atom. The molecule has 0 saturated heterocycles. The van der Waals surface area contributed by atoms with E-state index in [4.69, 9.17) is 11.6 Å². The summed E-state index contributed by atoms with van der Waals surface area (Å²) in [5.41, 5.74) is 0.708. The van der Waals surface area contributed by atoms with E-state index in [2.05, 4.69) is 10.3 Å². The van der Waals surface area contributed by atoms with Crippen LogP contribution in [0.3, 0.4) is 0 Å². The number of hydrogen-bond donors (Lipinski definition) is 1. The van der Waals surface area contributed by atoms with E-state index in [1.807, 2.05) is 0 Å². The largest absolute Gasteiger partial charge is 0.325 e. The van der Waals surface area contributed by atoms with Crippen molar-refractivity contribution in [2.24, 2.45) is 5.92 Å². The first kappa shape index (κ1) is 9.46. The third-order valence-corrected chi connectivity index (χ3v) is 2.41. The van der Waals surface area contributed by atoms with Crippen molar-refractivity contribution in [1.82, 2.24) is 4.98 Å². The zero-order valence-corrected chi connectivity index (χ0v) is 8.42. The van der Waals surface area contributed by atoms with Gasteiger partial charge in [0.1, 0.15) is 5.15 Å². The molecule has 1 aromatic rings. The van der Waals surface area contributed by atoms with Crippen LogP contribution in [-0.2, 0) is 4.79 Å². The summed E-state index contributed by atoms with van der Waals surface area (Å²) in [7, 11) is 0.